The van der Waals surface area contributed by atoms with Gasteiger partial charge in [0.15, 0.2) is 0 Å². The van der Waals surface area contributed by atoms with Crippen LogP contribution in [0.4, 0.5) is 0 Å². The quantitative estimate of drug-likeness (QED) is 0.162. The zero-order chi connectivity index (χ0) is 44.5. The van der Waals surface area contributed by atoms with Crippen molar-refractivity contribution in [1.82, 2.24) is 39.5 Å². The average Bonchev–Trinajstić information content (AvgIpc) is 4.01. The molecular formula is C50H60N8O6. The monoisotopic (exact) mass is 868 g/mol. The summed E-state index contributed by atoms with van der Waals surface area (Å²) in [5, 5.41) is 27.2. The van der Waals surface area contributed by atoms with E-state index in [0.717, 1.165) is 61.0 Å². The topological polar surface area (TPSA) is 175 Å². The van der Waals surface area contributed by atoms with Crippen molar-refractivity contribution in [3.05, 3.63) is 140 Å². The Labute approximate surface area is 373 Å². The highest BCUT2D eigenvalue weighted by molar-refractivity contribution is 5.84. The lowest BCUT2D eigenvalue weighted by Crippen LogP contribution is -2.52. The second-order valence-electron chi connectivity index (χ2n) is 18.4. The fraction of sp³-hybridized carbons (Fsp3) is 0.480. The highest BCUT2D eigenvalue weighted by Crippen LogP contribution is 2.51. The number of pyridine rings is 4. The summed E-state index contributed by atoms with van der Waals surface area (Å²) in [6, 6.07) is 15.0. The third-order valence-corrected chi connectivity index (χ3v) is 14.8. The predicted molar refractivity (Wildman–Crippen MR) is 243 cm³/mol. The van der Waals surface area contributed by atoms with Gasteiger partial charge in [0.1, 0.15) is 0 Å². The number of hydrogen-bond acceptors (Lipinski definition) is 10. The molecule has 2 amide bonds. The van der Waals surface area contributed by atoms with Crippen molar-refractivity contribution in [3.63, 3.8) is 0 Å². The maximum Gasteiger partial charge on any atom is 0.258 e. The van der Waals surface area contributed by atoms with Crippen LogP contribution >= 0.6 is 0 Å². The number of likely N-dealkylation sites (tertiary alicyclic amines) is 2. The number of amides is 2. The van der Waals surface area contributed by atoms with E-state index in [1.54, 1.807) is 24.8 Å². The van der Waals surface area contributed by atoms with Crippen LogP contribution in [0.15, 0.2) is 95.1 Å². The molecule has 2 saturated carbocycles. The zero-order valence-corrected chi connectivity index (χ0v) is 36.7. The van der Waals surface area contributed by atoms with E-state index >= 15 is 0 Å². The summed E-state index contributed by atoms with van der Waals surface area (Å²) in [5.74, 6) is -0.453. The number of fused-ring (bicyclic) bond motifs is 6. The normalized spacial score (nSPS) is 27.3. The number of aliphatic hydroxyl groups excluding tert-OH is 2. The number of aromatic nitrogens is 4. The van der Waals surface area contributed by atoms with Gasteiger partial charge in [-0.25, -0.2) is 0 Å². The lowest BCUT2D eigenvalue weighted by Gasteiger charge is -2.34. The van der Waals surface area contributed by atoms with Crippen molar-refractivity contribution < 1.29 is 19.8 Å². The van der Waals surface area contributed by atoms with Crippen LogP contribution in [0.5, 0.6) is 0 Å². The maximum atomic E-state index is 13.4. The summed E-state index contributed by atoms with van der Waals surface area (Å²) >= 11 is 0. The Kier molecular flexibility index (Phi) is 12.9. The minimum atomic E-state index is -0.428. The molecule has 6 aliphatic rings. The SMILES string of the molecule is C/C=C/c1ccc2n(c1=O)C[C@H]1[C@H](CO)[C@@H](C(=O)NC3CCC3)N(Cc3ccncc3)[C@@H]21.C/C=C\c1ccc2n(c1=O)C[C@H]1[C@H](CO)[C@@H](C(=O)NC3CCC3)N(Cc3ccncc3)[C@@H]21. The fourth-order valence-electron chi connectivity index (χ4n) is 11.3. The smallest absolute Gasteiger partial charge is 0.258 e. The van der Waals surface area contributed by atoms with Gasteiger partial charge < -0.3 is 30.0 Å². The number of rotatable bonds is 12. The average molecular weight is 869 g/mol. The van der Waals surface area contributed by atoms with E-state index in [9.17, 15) is 29.4 Å². The minimum absolute atomic E-state index is 0.00311. The zero-order valence-electron chi connectivity index (χ0n) is 36.7. The van der Waals surface area contributed by atoms with Crippen molar-refractivity contribution in [2.75, 3.05) is 13.2 Å². The van der Waals surface area contributed by atoms with Crippen molar-refractivity contribution in [1.29, 1.82) is 0 Å². The lowest BCUT2D eigenvalue weighted by molar-refractivity contribution is -0.130. The third kappa shape index (κ3) is 8.10. The lowest BCUT2D eigenvalue weighted by atomic mass is 9.87. The molecule has 14 nitrogen and oxygen atoms in total. The van der Waals surface area contributed by atoms with Gasteiger partial charge >= 0.3 is 0 Å². The van der Waals surface area contributed by atoms with E-state index in [1.165, 1.54) is 0 Å². The molecule has 0 spiro atoms. The second-order valence-corrected chi connectivity index (χ2v) is 18.4. The van der Waals surface area contributed by atoms with Gasteiger partial charge in [-0.1, -0.05) is 24.3 Å². The number of hydrogen-bond donors (Lipinski definition) is 4. The molecule has 4 fully saturated rings. The van der Waals surface area contributed by atoms with Crippen molar-refractivity contribution in [3.8, 4) is 0 Å². The summed E-state index contributed by atoms with van der Waals surface area (Å²) in [6.07, 6.45) is 20.8. The number of aliphatic hydroxyl groups is 2. The van der Waals surface area contributed by atoms with Gasteiger partial charge in [0.25, 0.3) is 11.1 Å². The Morgan fingerprint density at radius 1 is 0.625 bits per heavy atom. The van der Waals surface area contributed by atoms with E-state index in [1.807, 2.05) is 95.8 Å². The number of carbonyl (C=O) groups is 2. The Hall–Kier alpha value is -5.54. The number of carbonyl (C=O) groups excluding carboxylic acids is 2. The first-order valence-electron chi connectivity index (χ1n) is 23.1. The highest BCUT2D eigenvalue weighted by Gasteiger charge is 2.57. The van der Waals surface area contributed by atoms with E-state index in [-0.39, 0.29) is 84.0 Å². The second kappa shape index (κ2) is 18.9. The van der Waals surface area contributed by atoms with Crippen molar-refractivity contribution >= 4 is 24.0 Å². The molecule has 2 saturated heterocycles. The number of nitrogens with one attached hydrogen (secondary N) is 2. The molecule has 4 aromatic rings. The van der Waals surface area contributed by atoms with Gasteiger partial charge in [-0.05, 0) is 112 Å². The van der Waals surface area contributed by atoms with Crippen LogP contribution in [0, 0.1) is 23.7 Å². The van der Waals surface area contributed by atoms with Gasteiger partial charge in [0.2, 0.25) is 11.8 Å². The van der Waals surface area contributed by atoms with Gasteiger partial charge in [-0.3, -0.25) is 38.9 Å². The van der Waals surface area contributed by atoms with E-state index in [2.05, 4.69) is 30.4 Å². The summed E-state index contributed by atoms with van der Waals surface area (Å²) in [6.45, 7) is 5.81. The summed E-state index contributed by atoms with van der Waals surface area (Å²) in [5.41, 5.74) is 5.29. The third-order valence-electron chi connectivity index (χ3n) is 14.8. The molecule has 14 heteroatoms. The summed E-state index contributed by atoms with van der Waals surface area (Å²) in [4.78, 5) is 65.6. The molecule has 0 aromatic carbocycles. The molecule has 0 radical (unpaired) electrons. The van der Waals surface area contributed by atoms with E-state index < -0.39 is 12.1 Å². The molecule has 10 rings (SSSR count). The molecule has 2 aliphatic carbocycles. The Morgan fingerprint density at radius 3 is 1.34 bits per heavy atom. The Balaban J connectivity index is 0.000000162. The first kappa shape index (κ1) is 43.7. The first-order chi connectivity index (χ1) is 31.2. The first-order valence-corrected chi connectivity index (χ1v) is 23.1. The molecule has 0 bridgehead atoms. The molecule has 4 N–H and O–H groups in total. The number of allylic oxidation sites excluding steroid dienone is 2. The van der Waals surface area contributed by atoms with Gasteiger partial charge in [0.05, 0.1) is 24.2 Å². The van der Waals surface area contributed by atoms with Gasteiger partial charge in [0, 0.05) is 122 Å². The molecule has 0 unspecified atom stereocenters. The molecule has 64 heavy (non-hydrogen) atoms. The predicted octanol–water partition coefficient (Wildman–Crippen LogP) is 4.22. The van der Waals surface area contributed by atoms with Gasteiger partial charge in [-0.2, -0.15) is 0 Å². The number of nitrogens with zero attached hydrogens (tertiary/aromatic N) is 6. The largest absolute Gasteiger partial charge is 0.396 e. The summed E-state index contributed by atoms with van der Waals surface area (Å²) in [7, 11) is 0. The van der Waals surface area contributed by atoms with Crippen LogP contribution in [-0.2, 0) is 35.8 Å². The van der Waals surface area contributed by atoms with E-state index in [0.29, 0.717) is 37.3 Å². The maximum absolute atomic E-state index is 13.4. The van der Waals surface area contributed by atoms with Crippen LogP contribution in [0.1, 0.15) is 98.1 Å². The molecule has 8 heterocycles. The van der Waals surface area contributed by atoms with Crippen LogP contribution in [0.3, 0.4) is 0 Å². The minimum Gasteiger partial charge on any atom is -0.396 e. The standard InChI is InChI=1S/2C25H30N4O3/c2*1-2-4-17-7-8-21-22-19(14-28(21)25(17)32)20(15-30)23(24(31)27-18-5-3-6-18)29(22)13-16-9-11-26-12-10-16/h2*2,4,7-12,18-20,22-23,30H,3,5-6,13-15H2,1H3,(H,27,31)/b4-2+;4-2-/t2*19-,20-,22+,23-/m00/s1. The molecule has 4 aliphatic heterocycles. The Morgan fingerprint density at radius 2 is 1.02 bits per heavy atom. The fourth-order valence-corrected chi connectivity index (χ4v) is 11.3. The summed E-state index contributed by atoms with van der Waals surface area (Å²) < 4.78 is 3.68. The molecular weight excluding hydrogens is 809 g/mol. The van der Waals surface area contributed by atoms with Crippen molar-refractivity contribution in [2.24, 2.45) is 23.7 Å². The van der Waals surface area contributed by atoms with Crippen LogP contribution in [0.2, 0.25) is 0 Å². The van der Waals surface area contributed by atoms with Crippen LogP contribution in [0.25, 0.3) is 12.2 Å². The van der Waals surface area contributed by atoms with Crippen molar-refractivity contribution in [2.45, 2.75) is 115 Å². The molecule has 8 atom stereocenters. The Bertz CT molecular complexity index is 2330. The van der Waals surface area contributed by atoms with Gasteiger partial charge in [-0.15, -0.1) is 0 Å². The molecule has 336 valence electrons. The highest BCUT2D eigenvalue weighted by atomic mass is 16.3. The molecule has 4 aromatic heterocycles. The van der Waals surface area contributed by atoms with Crippen LogP contribution in [-0.4, -0.2) is 88.3 Å². The van der Waals surface area contributed by atoms with Crippen LogP contribution < -0.4 is 21.8 Å². The van der Waals surface area contributed by atoms with E-state index in [4.69, 9.17) is 0 Å².